The Balaban J connectivity index is 1.74. The molecule has 27 heavy (non-hydrogen) atoms. The minimum atomic E-state index is -3.73. The molecule has 0 atom stereocenters. The smallest absolute Gasteiger partial charge is 0.261 e. The van der Waals surface area contributed by atoms with Crippen LogP contribution in [0.15, 0.2) is 65.1 Å². The zero-order chi connectivity index (χ0) is 19.3. The Morgan fingerprint density at radius 1 is 1.07 bits per heavy atom. The third-order valence-electron chi connectivity index (χ3n) is 4.38. The standard InChI is InChI=1S/C20H21ClN2O3S/c21-19-12-11-16(23-27(25,26)17-9-5-2-6-10-17)13-18(19)20(24)22-14-15-7-3-1-4-8-15/h2,5-7,9-13,23H,1,3-4,8,14H2,(H,22,24). The summed E-state index contributed by atoms with van der Waals surface area (Å²) in [6.07, 6.45) is 6.52. The van der Waals surface area contributed by atoms with Crippen molar-refractivity contribution in [1.29, 1.82) is 0 Å². The van der Waals surface area contributed by atoms with E-state index in [2.05, 4.69) is 16.1 Å². The van der Waals surface area contributed by atoms with Crippen LogP contribution in [0.2, 0.25) is 5.02 Å². The Hall–Kier alpha value is -2.31. The first-order valence-corrected chi connectivity index (χ1v) is 10.7. The fourth-order valence-corrected chi connectivity index (χ4v) is 4.20. The van der Waals surface area contributed by atoms with Crippen molar-refractivity contribution in [3.8, 4) is 0 Å². The van der Waals surface area contributed by atoms with E-state index in [9.17, 15) is 13.2 Å². The summed E-state index contributed by atoms with van der Waals surface area (Å²) in [5.41, 5.74) is 1.73. The van der Waals surface area contributed by atoms with Crippen LogP contribution in [0, 0.1) is 0 Å². The molecular formula is C20H21ClN2O3S. The van der Waals surface area contributed by atoms with Gasteiger partial charge in [-0.05, 0) is 56.0 Å². The second-order valence-electron chi connectivity index (χ2n) is 6.40. The number of allylic oxidation sites excluding steroid dienone is 1. The molecule has 1 aliphatic carbocycles. The normalized spacial score (nSPS) is 14.3. The van der Waals surface area contributed by atoms with Crippen LogP contribution in [-0.2, 0) is 10.0 Å². The Morgan fingerprint density at radius 3 is 2.56 bits per heavy atom. The summed E-state index contributed by atoms with van der Waals surface area (Å²) >= 11 is 6.15. The highest BCUT2D eigenvalue weighted by Crippen LogP contribution is 2.23. The third-order valence-corrected chi connectivity index (χ3v) is 6.10. The summed E-state index contributed by atoms with van der Waals surface area (Å²) in [6.45, 7) is 0.481. The molecule has 0 aliphatic heterocycles. The van der Waals surface area contributed by atoms with Gasteiger partial charge in [0.15, 0.2) is 0 Å². The SMILES string of the molecule is O=C(NCC1=CCCCC1)c1cc(NS(=O)(=O)c2ccccc2)ccc1Cl. The maximum absolute atomic E-state index is 12.5. The molecule has 7 heteroatoms. The lowest BCUT2D eigenvalue weighted by atomic mass is 9.99. The molecule has 0 bridgehead atoms. The number of carbonyl (C=O) groups is 1. The lowest BCUT2D eigenvalue weighted by Gasteiger charge is -2.14. The molecule has 1 aliphatic rings. The van der Waals surface area contributed by atoms with Gasteiger partial charge in [-0.25, -0.2) is 8.42 Å². The number of rotatable bonds is 6. The minimum Gasteiger partial charge on any atom is -0.348 e. The summed E-state index contributed by atoms with van der Waals surface area (Å²) in [5, 5.41) is 3.13. The zero-order valence-electron chi connectivity index (χ0n) is 14.7. The van der Waals surface area contributed by atoms with Crippen LogP contribution >= 0.6 is 11.6 Å². The number of nitrogens with one attached hydrogen (secondary N) is 2. The highest BCUT2D eigenvalue weighted by atomic mass is 35.5. The van der Waals surface area contributed by atoms with Gasteiger partial charge in [-0.1, -0.05) is 41.4 Å². The van der Waals surface area contributed by atoms with Gasteiger partial charge in [-0.15, -0.1) is 0 Å². The number of hydrogen-bond donors (Lipinski definition) is 2. The Morgan fingerprint density at radius 2 is 1.85 bits per heavy atom. The van der Waals surface area contributed by atoms with Gasteiger partial charge in [0.2, 0.25) is 0 Å². The number of benzene rings is 2. The number of hydrogen-bond acceptors (Lipinski definition) is 3. The van der Waals surface area contributed by atoms with E-state index in [0.717, 1.165) is 19.3 Å². The summed E-state index contributed by atoms with van der Waals surface area (Å²) in [5.74, 6) is -0.327. The topological polar surface area (TPSA) is 75.3 Å². The van der Waals surface area contributed by atoms with Crippen molar-refractivity contribution in [1.82, 2.24) is 5.32 Å². The Labute approximate surface area is 164 Å². The van der Waals surface area contributed by atoms with Crippen molar-refractivity contribution in [2.45, 2.75) is 30.6 Å². The summed E-state index contributed by atoms with van der Waals surface area (Å²) in [4.78, 5) is 12.6. The van der Waals surface area contributed by atoms with Gasteiger partial charge in [0.25, 0.3) is 15.9 Å². The molecule has 0 saturated carbocycles. The van der Waals surface area contributed by atoms with Crippen molar-refractivity contribution in [2.24, 2.45) is 0 Å². The van der Waals surface area contributed by atoms with Gasteiger partial charge in [0, 0.05) is 12.2 Å². The molecule has 1 amide bonds. The van der Waals surface area contributed by atoms with Gasteiger partial charge < -0.3 is 5.32 Å². The minimum absolute atomic E-state index is 0.148. The average molecular weight is 405 g/mol. The van der Waals surface area contributed by atoms with E-state index in [1.165, 1.54) is 42.3 Å². The molecule has 0 saturated heterocycles. The van der Waals surface area contributed by atoms with Crippen LogP contribution < -0.4 is 10.0 Å². The molecular weight excluding hydrogens is 384 g/mol. The molecule has 0 unspecified atom stereocenters. The average Bonchev–Trinajstić information content (AvgIpc) is 2.69. The van der Waals surface area contributed by atoms with Crippen molar-refractivity contribution in [3.63, 3.8) is 0 Å². The fraction of sp³-hybridized carbons (Fsp3) is 0.250. The number of sulfonamides is 1. The number of halogens is 1. The van der Waals surface area contributed by atoms with Crippen LogP contribution in [0.1, 0.15) is 36.0 Å². The van der Waals surface area contributed by atoms with E-state index >= 15 is 0 Å². The molecule has 0 fully saturated rings. The first-order chi connectivity index (χ1) is 13.0. The molecule has 142 valence electrons. The predicted molar refractivity (Wildman–Crippen MR) is 108 cm³/mol. The Kier molecular flexibility index (Phi) is 6.19. The second kappa shape index (κ2) is 8.59. The lowest BCUT2D eigenvalue weighted by Crippen LogP contribution is -2.26. The van der Waals surface area contributed by atoms with Crippen LogP contribution in [0.5, 0.6) is 0 Å². The maximum atomic E-state index is 12.5. The number of anilines is 1. The van der Waals surface area contributed by atoms with Gasteiger partial charge in [-0.2, -0.15) is 0 Å². The first kappa shape index (κ1) is 19.5. The first-order valence-electron chi connectivity index (χ1n) is 8.79. The molecule has 2 aromatic carbocycles. The predicted octanol–water partition coefficient (Wildman–Crippen LogP) is 4.37. The molecule has 0 radical (unpaired) electrons. The summed E-state index contributed by atoms with van der Waals surface area (Å²) in [7, 11) is -3.73. The summed E-state index contributed by atoms with van der Waals surface area (Å²) < 4.78 is 27.4. The zero-order valence-corrected chi connectivity index (χ0v) is 16.3. The molecule has 2 aromatic rings. The molecule has 0 spiro atoms. The van der Waals surface area contributed by atoms with Crippen molar-refractivity contribution >= 4 is 33.2 Å². The van der Waals surface area contributed by atoms with Gasteiger partial charge in [0.05, 0.1) is 15.5 Å². The molecule has 0 aromatic heterocycles. The van der Waals surface area contributed by atoms with Crippen molar-refractivity contribution in [3.05, 3.63) is 70.8 Å². The van der Waals surface area contributed by atoms with E-state index in [1.807, 2.05) is 0 Å². The van der Waals surface area contributed by atoms with Crippen molar-refractivity contribution in [2.75, 3.05) is 11.3 Å². The van der Waals surface area contributed by atoms with Crippen LogP contribution in [-0.4, -0.2) is 20.9 Å². The highest BCUT2D eigenvalue weighted by molar-refractivity contribution is 7.92. The van der Waals surface area contributed by atoms with E-state index in [1.54, 1.807) is 18.2 Å². The van der Waals surface area contributed by atoms with E-state index in [0.29, 0.717) is 6.54 Å². The molecule has 3 rings (SSSR count). The van der Waals surface area contributed by atoms with Crippen LogP contribution in [0.4, 0.5) is 5.69 Å². The van der Waals surface area contributed by atoms with E-state index < -0.39 is 10.0 Å². The monoisotopic (exact) mass is 404 g/mol. The van der Waals surface area contributed by atoms with Gasteiger partial charge >= 0.3 is 0 Å². The second-order valence-corrected chi connectivity index (χ2v) is 8.49. The van der Waals surface area contributed by atoms with Crippen LogP contribution in [0.3, 0.4) is 0 Å². The number of amides is 1. The van der Waals surface area contributed by atoms with Gasteiger partial charge in [-0.3, -0.25) is 9.52 Å². The third kappa shape index (κ3) is 5.11. The van der Waals surface area contributed by atoms with Crippen LogP contribution in [0.25, 0.3) is 0 Å². The molecule has 2 N–H and O–H groups in total. The quantitative estimate of drug-likeness (QED) is 0.702. The Bertz CT molecular complexity index is 956. The maximum Gasteiger partial charge on any atom is 0.261 e. The molecule has 0 heterocycles. The van der Waals surface area contributed by atoms with Gasteiger partial charge in [0.1, 0.15) is 0 Å². The fourth-order valence-electron chi connectivity index (χ4n) is 2.93. The number of carbonyl (C=O) groups excluding carboxylic acids is 1. The lowest BCUT2D eigenvalue weighted by molar-refractivity contribution is 0.0956. The molecule has 5 nitrogen and oxygen atoms in total. The summed E-state index contributed by atoms with van der Waals surface area (Å²) in [6, 6.07) is 12.5. The van der Waals surface area contributed by atoms with E-state index in [4.69, 9.17) is 11.6 Å². The van der Waals surface area contributed by atoms with Crippen molar-refractivity contribution < 1.29 is 13.2 Å². The highest BCUT2D eigenvalue weighted by Gasteiger charge is 2.17. The largest absolute Gasteiger partial charge is 0.348 e. The van der Waals surface area contributed by atoms with E-state index in [-0.39, 0.29) is 27.1 Å².